The van der Waals surface area contributed by atoms with Crippen molar-refractivity contribution in [2.45, 2.75) is 38.7 Å². The van der Waals surface area contributed by atoms with Gasteiger partial charge in [0.15, 0.2) is 0 Å². The Labute approximate surface area is 62.8 Å². The summed E-state index contributed by atoms with van der Waals surface area (Å²) in [6.45, 7) is 5.88. The molecule has 1 N–H and O–H groups in total. The molecule has 1 aliphatic rings. The van der Waals surface area contributed by atoms with Gasteiger partial charge < -0.3 is 5.11 Å². The topological polar surface area (TPSA) is 20.2 Å². The summed E-state index contributed by atoms with van der Waals surface area (Å²) in [7, 11) is 0. The monoisotopic (exact) mass is 140 g/mol. The zero-order valence-corrected chi connectivity index (χ0v) is 6.64. The van der Waals surface area contributed by atoms with Crippen molar-refractivity contribution >= 4 is 0 Å². The van der Waals surface area contributed by atoms with Gasteiger partial charge in [0.1, 0.15) is 0 Å². The van der Waals surface area contributed by atoms with Crippen molar-refractivity contribution < 1.29 is 5.11 Å². The van der Waals surface area contributed by atoms with Crippen LogP contribution in [-0.2, 0) is 0 Å². The van der Waals surface area contributed by atoms with Crippen LogP contribution in [0.5, 0.6) is 0 Å². The first-order valence-corrected chi connectivity index (χ1v) is 4.05. The molecule has 1 heteroatoms. The fourth-order valence-electron chi connectivity index (χ4n) is 1.69. The molecule has 0 radical (unpaired) electrons. The molecule has 58 valence electrons. The Morgan fingerprint density at radius 2 is 2.00 bits per heavy atom. The first-order valence-electron chi connectivity index (χ1n) is 4.05. The zero-order valence-electron chi connectivity index (χ0n) is 6.64. The minimum absolute atomic E-state index is 0.105. The lowest BCUT2D eigenvalue weighted by Gasteiger charge is -2.27. The molecule has 0 aromatic rings. The summed E-state index contributed by atoms with van der Waals surface area (Å²) in [5, 5.41) is 9.48. The fourth-order valence-corrected chi connectivity index (χ4v) is 1.69. The molecule has 0 spiro atoms. The van der Waals surface area contributed by atoms with Gasteiger partial charge in [-0.05, 0) is 19.8 Å². The van der Waals surface area contributed by atoms with Crippen molar-refractivity contribution in [1.82, 2.24) is 0 Å². The maximum Gasteiger partial charge on any atom is 0.0605 e. The molecule has 1 saturated carbocycles. The summed E-state index contributed by atoms with van der Waals surface area (Å²) in [5.74, 6) is 0.383. The van der Waals surface area contributed by atoms with E-state index < -0.39 is 0 Å². The second-order valence-electron chi connectivity index (χ2n) is 3.30. The van der Waals surface area contributed by atoms with Crippen molar-refractivity contribution in [2.24, 2.45) is 5.92 Å². The van der Waals surface area contributed by atoms with Crippen LogP contribution in [0.3, 0.4) is 0 Å². The van der Waals surface area contributed by atoms with Crippen LogP contribution in [0.15, 0.2) is 12.2 Å². The molecule has 10 heavy (non-hydrogen) atoms. The van der Waals surface area contributed by atoms with Gasteiger partial charge in [0.05, 0.1) is 6.10 Å². The van der Waals surface area contributed by atoms with E-state index in [1.165, 1.54) is 12.8 Å². The van der Waals surface area contributed by atoms with Gasteiger partial charge in [-0.15, -0.1) is 0 Å². The number of rotatable bonds is 1. The predicted octanol–water partition coefficient (Wildman–Crippen LogP) is 2.11. The molecular formula is C9H16O. The molecule has 0 aromatic carbocycles. The Morgan fingerprint density at radius 3 is 2.40 bits per heavy atom. The normalized spacial score (nSPS) is 33.8. The second kappa shape index (κ2) is 3.20. The van der Waals surface area contributed by atoms with E-state index in [-0.39, 0.29) is 6.10 Å². The summed E-state index contributed by atoms with van der Waals surface area (Å²) in [4.78, 5) is 0. The third kappa shape index (κ3) is 1.60. The lowest BCUT2D eigenvalue weighted by atomic mass is 9.83. The van der Waals surface area contributed by atoms with Crippen molar-refractivity contribution in [3.8, 4) is 0 Å². The van der Waals surface area contributed by atoms with Gasteiger partial charge >= 0.3 is 0 Å². The molecule has 0 bridgehead atoms. The SMILES string of the molecule is C=C(C)[C@H]1CCCC[C@@H]1O. The highest BCUT2D eigenvalue weighted by Crippen LogP contribution is 2.28. The number of aliphatic hydroxyl groups excluding tert-OH is 1. The van der Waals surface area contributed by atoms with Crippen LogP contribution in [0.4, 0.5) is 0 Å². The predicted molar refractivity (Wildman–Crippen MR) is 42.8 cm³/mol. The maximum absolute atomic E-state index is 9.48. The summed E-state index contributed by atoms with van der Waals surface area (Å²) in [6.07, 6.45) is 4.44. The van der Waals surface area contributed by atoms with Crippen LogP contribution in [0.1, 0.15) is 32.6 Å². The molecule has 0 aliphatic heterocycles. The minimum Gasteiger partial charge on any atom is -0.393 e. The summed E-state index contributed by atoms with van der Waals surface area (Å²) in [5.41, 5.74) is 1.15. The molecule has 0 heterocycles. The fraction of sp³-hybridized carbons (Fsp3) is 0.778. The maximum atomic E-state index is 9.48. The number of hydrogen-bond acceptors (Lipinski definition) is 1. The van der Waals surface area contributed by atoms with Gasteiger partial charge in [-0.3, -0.25) is 0 Å². The quantitative estimate of drug-likeness (QED) is 0.553. The Hall–Kier alpha value is -0.300. The Kier molecular flexibility index (Phi) is 2.50. The van der Waals surface area contributed by atoms with Gasteiger partial charge in [-0.25, -0.2) is 0 Å². The summed E-state index contributed by atoms with van der Waals surface area (Å²) < 4.78 is 0. The van der Waals surface area contributed by atoms with Crippen molar-refractivity contribution in [2.75, 3.05) is 0 Å². The largest absolute Gasteiger partial charge is 0.393 e. The van der Waals surface area contributed by atoms with Crippen LogP contribution in [0, 0.1) is 5.92 Å². The number of hydrogen-bond donors (Lipinski definition) is 1. The molecule has 0 amide bonds. The molecular weight excluding hydrogens is 124 g/mol. The Morgan fingerprint density at radius 1 is 1.40 bits per heavy atom. The molecule has 0 aromatic heterocycles. The van der Waals surface area contributed by atoms with E-state index in [4.69, 9.17) is 0 Å². The smallest absolute Gasteiger partial charge is 0.0605 e. The first-order chi connectivity index (χ1) is 4.72. The molecule has 1 nitrogen and oxygen atoms in total. The molecule has 1 aliphatic carbocycles. The molecule has 1 rings (SSSR count). The van der Waals surface area contributed by atoms with E-state index in [0.717, 1.165) is 18.4 Å². The third-order valence-corrected chi connectivity index (χ3v) is 2.36. The average molecular weight is 140 g/mol. The molecule has 0 saturated heterocycles. The molecule has 0 unspecified atom stereocenters. The highest BCUT2D eigenvalue weighted by atomic mass is 16.3. The van der Waals surface area contributed by atoms with Crippen LogP contribution < -0.4 is 0 Å². The van der Waals surface area contributed by atoms with E-state index in [1.54, 1.807) is 0 Å². The van der Waals surface area contributed by atoms with E-state index >= 15 is 0 Å². The van der Waals surface area contributed by atoms with Crippen molar-refractivity contribution in [3.05, 3.63) is 12.2 Å². The molecule has 1 fully saturated rings. The van der Waals surface area contributed by atoms with Crippen LogP contribution >= 0.6 is 0 Å². The van der Waals surface area contributed by atoms with Crippen LogP contribution in [0.2, 0.25) is 0 Å². The van der Waals surface area contributed by atoms with Gasteiger partial charge in [-0.1, -0.05) is 25.0 Å². The van der Waals surface area contributed by atoms with Crippen LogP contribution in [-0.4, -0.2) is 11.2 Å². The van der Waals surface area contributed by atoms with Crippen molar-refractivity contribution in [3.63, 3.8) is 0 Å². The van der Waals surface area contributed by atoms with E-state index in [2.05, 4.69) is 6.58 Å². The standard InChI is InChI=1S/C9H16O/c1-7(2)8-5-3-4-6-9(8)10/h8-10H,1,3-6H2,2H3/t8-,9+/m1/s1. The summed E-state index contributed by atoms with van der Waals surface area (Å²) in [6, 6.07) is 0. The zero-order chi connectivity index (χ0) is 7.56. The van der Waals surface area contributed by atoms with Gasteiger partial charge in [0.2, 0.25) is 0 Å². The highest BCUT2D eigenvalue weighted by molar-refractivity contribution is 5.00. The van der Waals surface area contributed by atoms with Gasteiger partial charge in [0, 0.05) is 5.92 Å². The molecule has 2 atom stereocenters. The second-order valence-corrected chi connectivity index (χ2v) is 3.30. The van der Waals surface area contributed by atoms with Crippen LogP contribution in [0.25, 0.3) is 0 Å². The van der Waals surface area contributed by atoms with Crippen molar-refractivity contribution in [1.29, 1.82) is 0 Å². The highest BCUT2D eigenvalue weighted by Gasteiger charge is 2.22. The Bertz CT molecular complexity index is 129. The summed E-state index contributed by atoms with van der Waals surface area (Å²) >= 11 is 0. The van der Waals surface area contributed by atoms with Gasteiger partial charge in [0.25, 0.3) is 0 Å². The minimum atomic E-state index is -0.105. The van der Waals surface area contributed by atoms with Gasteiger partial charge in [-0.2, -0.15) is 0 Å². The lowest BCUT2D eigenvalue weighted by molar-refractivity contribution is 0.0877. The lowest BCUT2D eigenvalue weighted by Crippen LogP contribution is -2.24. The van der Waals surface area contributed by atoms with E-state index in [1.807, 2.05) is 6.92 Å². The average Bonchev–Trinajstić information content (AvgIpc) is 1.88. The van der Waals surface area contributed by atoms with E-state index in [0.29, 0.717) is 5.92 Å². The third-order valence-electron chi connectivity index (χ3n) is 2.36. The number of aliphatic hydroxyl groups is 1. The van der Waals surface area contributed by atoms with E-state index in [9.17, 15) is 5.11 Å². The Balaban J connectivity index is 2.47. The first kappa shape index (κ1) is 7.80.